The molecule has 3 aliphatic rings. The lowest BCUT2D eigenvalue weighted by atomic mass is 9.49. The molecule has 0 spiro atoms. The molecule has 142 valence electrons. The number of amides is 1. The number of carbonyl (C=O) groups is 1. The van der Waals surface area contributed by atoms with Crippen LogP contribution >= 0.6 is 0 Å². The van der Waals surface area contributed by atoms with Crippen molar-refractivity contribution in [2.24, 2.45) is 17.3 Å². The second-order valence-electron chi connectivity index (χ2n) is 10.1. The summed E-state index contributed by atoms with van der Waals surface area (Å²) in [7, 11) is 0. The van der Waals surface area contributed by atoms with E-state index in [-0.39, 0.29) is 10.8 Å². The average Bonchev–Trinajstić information content (AvgIpc) is 3.44. The largest absolute Gasteiger partial charge is 0.355 e. The van der Waals surface area contributed by atoms with Gasteiger partial charge in [0.05, 0.1) is 0 Å². The number of hydrogen-bond donors (Lipinski definition) is 1. The van der Waals surface area contributed by atoms with E-state index in [1.165, 1.54) is 37.7 Å². The molecule has 1 aromatic rings. The number of carbonyl (C=O) groups excluding carboxylic acids is 1. The fourth-order valence-electron chi connectivity index (χ4n) is 5.96. The zero-order chi connectivity index (χ0) is 18.5. The molecule has 1 aromatic carbocycles. The lowest BCUT2D eigenvalue weighted by Crippen LogP contribution is -2.53. The predicted molar refractivity (Wildman–Crippen MR) is 107 cm³/mol. The van der Waals surface area contributed by atoms with Crippen LogP contribution in [0.25, 0.3) is 0 Å². The van der Waals surface area contributed by atoms with Gasteiger partial charge in [0, 0.05) is 12.5 Å². The van der Waals surface area contributed by atoms with Crippen molar-refractivity contribution in [2.45, 2.75) is 84.0 Å². The summed E-state index contributed by atoms with van der Waals surface area (Å²) in [5, 5.41) is 3.32. The maximum Gasteiger partial charge on any atom is 0.223 e. The molecule has 2 heteroatoms. The molecule has 2 nitrogen and oxygen atoms in total. The van der Waals surface area contributed by atoms with E-state index in [2.05, 4.69) is 51.2 Å². The standard InChI is InChI=1S/C24H35NO/c1-16(2)19-9-6-17-10-11-21-23(3,15-25-22(26)18-7-8-18)12-5-13-24(21,4)20(17)14-19/h6,9,14,16,18,21H,5,7-8,10-13,15H2,1-4H3,(H,25,26)/t21-,23+,24-/m0/s1. The van der Waals surface area contributed by atoms with E-state index in [0.717, 1.165) is 19.4 Å². The number of hydrogen-bond acceptors (Lipinski definition) is 1. The van der Waals surface area contributed by atoms with Crippen molar-refractivity contribution >= 4 is 5.91 Å². The first-order valence-corrected chi connectivity index (χ1v) is 10.7. The van der Waals surface area contributed by atoms with Crippen molar-refractivity contribution in [1.29, 1.82) is 0 Å². The van der Waals surface area contributed by atoms with Gasteiger partial charge in [-0.05, 0) is 77.9 Å². The molecule has 1 N–H and O–H groups in total. The Bertz CT molecular complexity index is 704. The Morgan fingerprint density at radius 2 is 1.96 bits per heavy atom. The molecule has 26 heavy (non-hydrogen) atoms. The Balaban J connectivity index is 1.62. The van der Waals surface area contributed by atoms with Gasteiger partial charge in [0.15, 0.2) is 0 Å². The van der Waals surface area contributed by atoms with Gasteiger partial charge in [-0.2, -0.15) is 0 Å². The Kier molecular flexibility index (Phi) is 4.44. The lowest BCUT2D eigenvalue weighted by molar-refractivity contribution is -0.123. The highest BCUT2D eigenvalue weighted by molar-refractivity contribution is 5.80. The zero-order valence-electron chi connectivity index (χ0n) is 17.0. The molecule has 1 amide bonds. The minimum absolute atomic E-state index is 0.225. The van der Waals surface area contributed by atoms with Gasteiger partial charge in [-0.25, -0.2) is 0 Å². The van der Waals surface area contributed by atoms with Crippen molar-refractivity contribution in [2.75, 3.05) is 6.54 Å². The summed E-state index contributed by atoms with van der Waals surface area (Å²) in [5.74, 6) is 1.86. The molecule has 3 aliphatic carbocycles. The van der Waals surface area contributed by atoms with E-state index in [0.29, 0.717) is 23.7 Å². The number of benzene rings is 1. The van der Waals surface area contributed by atoms with Crippen molar-refractivity contribution in [3.63, 3.8) is 0 Å². The highest BCUT2D eigenvalue weighted by Crippen LogP contribution is 2.57. The second kappa shape index (κ2) is 6.39. The monoisotopic (exact) mass is 353 g/mol. The summed E-state index contributed by atoms with van der Waals surface area (Å²) in [4.78, 5) is 12.2. The summed E-state index contributed by atoms with van der Waals surface area (Å²) < 4.78 is 0. The number of rotatable bonds is 4. The third-order valence-corrected chi connectivity index (χ3v) is 7.79. The van der Waals surface area contributed by atoms with E-state index < -0.39 is 0 Å². The van der Waals surface area contributed by atoms with E-state index in [1.54, 1.807) is 11.1 Å². The van der Waals surface area contributed by atoms with Crippen LogP contribution < -0.4 is 5.32 Å². The van der Waals surface area contributed by atoms with E-state index >= 15 is 0 Å². The van der Waals surface area contributed by atoms with Gasteiger partial charge >= 0.3 is 0 Å². The highest BCUT2D eigenvalue weighted by Gasteiger charge is 2.51. The Morgan fingerprint density at radius 1 is 1.19 bits per heavy atom. The van der Waals surface area contributed by atoms with E-state index in [1.807, 2.05) is 0 Å². The van der Waals surface area contributed by atoms with Crippen LogP contribution in [0.3, 0.4) is 0 Å². The molecule has 0 saturated heterocycles. The van der Waals surface area contributed by atoms with Crippen molar-refractivity contribution in [1.82, 2.24) is 5.32 Å². The van der Waals surface area contributed by atoms with E-state index in [9.17, 15) is 4.79 Å². The maximum atomic E-state index is 12.2. The minimum atomic E-state index is 0.225. The Labute approximate surface area is 159 Å². The lowest BCUT2D eigenvalue weighted by Gasteiger charge is -2.55. The van der Waals surface area contributed by atoms with Crippen LogP contribution in [0.4, 0.5) is 0 Å². The molecule has 0 aliphatic heterocycles. The topological polar surface area (TPSA) is 29.1 Å². The molecular weight excluding hydrogens is 318 g/mol. The van der Waals surface area contributed by atoms with Crippen molar-refractivity contribution < 1.29 is 4.79 Å². The van der Waals surface area contributed by atoms with Gasteiger partial charge in [0.1, 0.15) is 0 Å². The molecule has 0 bridgehead atoms. The molecule has 0 aromatic heterocycles. The first kappa shape index (κ1) is 18.1. The summed E-state index contributed by atoms with van der Waals surface area (Å²) in [6.45, 7) is 10.4. The normalized spacial score (nSPS) is 33.5. The smallest absolute Gasteiger partial charge is 0.223 e. The maximum absolute atomic E-state index is 12.2. The molecule has 0 unspecified atom stereocenters. The Hall–Kier alpha value is -1.31. The number of fused-ring (bicyclic) bond motifs is 3. The molecule has 0 radical (unpaired) electrons. The summed E-state index contributed by atoms with van der Waals surface area (Å²) >= 11 is 0. The van der Waals surface area contributed by atoms with Crippen LogP contribution in [-0.2, 0) is 16.6 Å². The quantitative estimate of drug-likeness (QED) is 0.777. The molecule has 0 heterocycles. The van der Waals surface area contributed by atoms with Crippen LogP contribution in [0.15, 0.2) is 18.2 Å². The third-order valence-electron chi connectivity index (χ3n) is 7.79. The van der Waals surface area contributed by atoms with Crippen molar-refractivity contribution in [3.8, 4) is 0 Å². The van der Waals surface area contributed by atoms with Gasteiger partial charge in [0.25, 0.3) is 0 Å². The van der Waals surface area contributed by atoms with Crippen LogP contribution in [0.1, 0.15) is 88.8 Å². The van der Waals surface area contributed by atoms with Gasteiger partial charge < -0.3 is 5.32 Å². The Morgan fingerprint density at radius 3 is 2.65 bits per heavy atom. The summed E-state index contributed by atoms with van der Waals surface area (Å²) in [5.41, 5.74) is 5.14. The van der Waals surface area contributed by atoms with Crippen LogP contribution in [0.5, 0.6) is 0 Å². The highest BCUT2D eigenvalue weighted by atomic mass is 16.2. The molecule has 4 rings (SSSR count). The van der Waals surface area contributed by atoms with Gasteiger partial charge in [0.2, 0.25) is 5.91 Å². The SMILES string of the molecule is CC(C)c1ccc2c(c1)[C@]1(C)CCC[C@](C)(CNC(=O)C3CC3)[C@@H]1CC2. The van der Waals surface area contributed by atoms with Crippen LogP contribution in [0, 0.1) is 17.3 Å². The second-order valence-corrected chi connectivity index (χ2v) is 10.1. The molecule has 2 fully saturated rings. The molecule has 3 atom stereocenters. The summed E-state index contributed by atoms with van der Waals surface area (Å²) in [6.07, 6.45) is 8.45. The first-order chi connectivity index (χ1) is 12.3. The third kappa shape index (κ3) is 3.00. The number of nitrogens with one attached hydrogen (secondary N) is 1. The van der Waals surface area contributed by atoms with Crippen LogP contribution in [0.2, 0.25) is 0 Å². The van der Waals surface area contributed by atoms with Crippen LogP contribution in [-0.4, -0.2) is 12.5 Å². The fourth-order valence-corrected chi connectivity index (χ4v) is 5.96. The van der Waals surface area contributed by atoms with Gasteiger partial charge in [-0.15, -0.1) is 0 Å². The zero-order valence-corrected chi connectivity index (χ0v) is 17.0. The van der Waals surface area contributed by atoms with Gasteiger partial charge in [-0.3, -0.25) is 4.79 Å². The van der Waals surface area contributed by atoms with E-state index in [4.69, 9.17) is 0 Å². The molecule has 2 saturated carbocycles. The minimum Gasteiger partial charge on any atom is -0.355 e. The predicted octanol–water partition coefficient (Wildman–Crippen LogP) is 5.35. The van der Waals surface area contributed by atoms with Crippen molar-refractivity contribution in [3.05, 3.63) is 34.9 Å². The molecular formula is C24H35NO. The average molecular weight is 354 g/mol. The first-order valence-electron chi connectivity index (χ1n) is 10.7. The number of aryl methyl sites for hydroxylation is 1. The summed E-state index contributed by atoms with van der Waals surface area (Å²) in [6, 6.07) is 7.25. The van der Waals surface area contributed by atoms with Gasteiger partial charge in [-0.1, -0.05) is 52.3 Å². The fraction of sp³-hybridized carbons (Fsp3) is 0.708.